The highest BCUT2D eigenvalue weighted by Gasteiger charge is 2.38. The third-order valence-corrected chi connectivity index (χ3v) is 4.00. The third-order valence-electron chi connectivity index (χ3n) is 4.00. The van der Waals surface area contributed by atoms with E-state index in [4.69, 9.17) is 4.74 Å². The first-order valence-electron chi connectivity index (χ1n) is 7.06. The average Bonchev–Trinajstić information content (AvgIpc) is 2.93. The SMILES string of the molecule is CC(C1CCC(=O)O1)C(C(=O)O)c1cc([N+](=O)[O-])cc([N+](=O)[O-])c1. The second-order valence-corrected chi connectivity index (χ2v) is 5.54. The molecule has 1 aliphatic heterocycles. The lowest BCUT2D eigenvalue weighted by Gasteiger charge is -2.24. The molecule has 24 heavy (non-hydrogen) atoms. The molecule has 2 rings (SSSR count). The first-order valence-corrected chi connectivity index (χ1v) is 7.06. The van der Waals surface area contributed by atoms with Gasteiger partial charge >= 0.3 is 11.9 Å². The minimum Gasteiger partial charge on any atom is -0.481 e. The molecule has 1 aliphatic rings. The van der Waals surface area contributed by atoms with E-state index >= 15 is 0 Å². The summed E-state index contributed by atoms with van der Waals surface area (Å²) in [5.41, 5.74) is -1.21. The largest absolute Gasteiger partial charge is 0.481 e. The van der Waals surface area contributed by atoms with Crippen LogP contribution in [0, 0.1) is 26.1 Å². The fourth-order valence-corrected chi connectivity index (χ4v) is 2.81. The van der Waals surface area contributed by atoms with Crippen LogP contribution in [-0.4, -0.2) is 33.0 Å². The number of nitrogens with zero attached hydrogens (tertiary/aromatic N) is 2. The van der Waals surface area contributed by atoms with Gasteiger partial charge in [-0.15, -0.1) is 0 Å². The van der Waals surface area contributed by atoms with Gasteiger partial charge in [-0.1, -0.05) is 6.92 Å². The van der Waals surface area contributed by atoms with Crippen LogP contribution in [-0.2, 0) is 14.3 Å². The molecule has 10 heteroatoms. The van der Waals surface area contributed by atoms with E-state index in [1.165, 1.54) is 6.92 Å². The van der Waals surface area contributed by atoms with E-state index in [0.29, 0.717) is 6.42 Å². The van der Waals surface area contributed by atoms with Crippen LogP contribution in [0.5, 0.6) is 0 Å². The summed E-state index contributed by atoms with van der Waals surface area (Å²) < 4.78 is 5.06. The molecule has 0 amide bonds. The van der Waals surface area contributed by atoms with E-state index in [-0.39, 0.29) is 12.0 Å². The maximum Gasteiger partial charge on any atom is 0.311 e. The van der Waals surface area contributed by atoms with Crippen molar-refractivity contribution in [1.82, 2.24) is 0 Å². The van der Waals surface area contributed by atoms with Crippen LogP contribution in [0.15, 0.2) is 18.2 Å². The Morgan fingerprint density at radius 1 is 1.25 bits per heavy atom. The number of esters is 1. The fourth-order valence-electron chi connectivity index (χ4n) is 2.81. The molecule has 0 radical (unpaired) electrons. The number of aliphatic carboxylic acids is 1. The Morgan fingerprint density at radius 2 is 1.79 bits per heavy atom. The zero-order valence-electron chi connectivity index (χ0n) is 12.6. The van der Waals surface area contributed by atoms with Crippen molar-refractivity contribution in [3.05, 3.63) is 44.0 Å². The van der Waals surface area contributed by atoms with E-state index in [1.807, 2.05) is 0 Å². The van der Waals surface area contributed by atoms with E-state index in [2.05, 4.69) is 0 Å². The van der Waals surface area contributed by atoms with Gasteiger partial charge in [0.1, 0.15) is 6.10 Å². The van der Waals surface area contributed by atoms with Crippen molar-refractivity contribution in [3.63, 3.8) is 0 Å². The topological polar surface area (TPSA) is 150 Å². The third kappa shape index (κ3) is 3.47. The number of nitro groups is 2. The number of carboxylic acids is 1. The van der Waals surface area contributed by atoms with Crippen LogP contribution in [0.1, 0.15) is 31.2 Å². The Hall–Kier alpha value is -3.04. The van der Waals surface area contributed by atoms with E-state index < -0.39 is 51.1 Å². The van der Waals surface area contributed by atoms with E-state index in [9.17, 15) is 34.9 Å². The van der Waals surface area contributed by atoms with Crippen molar-refractivity contribution in [3.8, 4) is 0 Å². The van der Waals surface area contributed by atoms with Crippen molar-refractivity contribution >= 4 is 23.3 Å². The summed E-state index contributed by atoms with van der Waals surface area (Å²) in [6.45, 7) is 1.53. The van der Waals surface area contributed by atoms with Gasteiger partial charge in [-0.05, 0) is 12.0 Å². The molecule has 1 saturated heterocycles. The van der Waals surface area contributed by atoms with E-state index in [1.54, 1.807) is 0 Å². The Kier molecular flexibility index (Phi) is 4.77. The molecule has 1 aromatic carbocycles. The predicted molar refractivity (Wildman–Crippen MR) is 78.4 cm³/mol. The van der Waals surface area contributed by atoms with Gasteiger partial charge in [0, 0.05) is 24.5 Å². The van der Waals surface area contributed by atoms with Gasteiger partial charge in [0.2, 0.25) is 0 Å². The molecule has 0 bridgehead atoms. The van der Waals surface area contributed by atoms with Crippen LogP contribution < -0.4 is 0 Å². The highest BCUT2D eigenvalue weighted by atomic mass is 16.6. The summed E-state index contributed by atoms with van der Waals surface area (Å²) in [5, 5.41) is 31.4. The van der Waals surface area contributed by atoms with Gasteiger partial charge in [0.25, 0.3) is 11.4 Å². The molecule has 1 aromatic rings. The summed E-state index contributed by atoms with van der Waals surface area (Å²) >= 11 is 0. The molecule has 3 atom stereocenters. The van der Waals surface area contributed by atoms with Crippen molar-refractivity contribution < 1.29 is 29.3 Å². The number of non-ortho nitro benzene ring substituents is 2. The molecule has 3 unspecified atom stereocenters. The minimum atomic E-state index is -1.31. The fraction of sp³-hybridized carbons (Fsp3) is 0.429. The van der Waals surface area contributed by atoms with Crippen molar-refractivity contribution in [1.29, 1.82) is 0 Å². The number of benzene rings is 1. The predicted octanol–water partition coefficient (Wildman–Crippen LogP) is 2.01. The monoisotopic (exact) mass is 338 g/mol. The first-order chi connectivity index (χ1) is 11.2. The van der Waals surface area contributed by atoms with Crippen LogP contribution in [0.25, 0.3) is 0 Å². The quantitative estimate of drug-likeness (QED) is 0.470. The molecule has 10 nitrogen and oxygen atoms in total. The number of carbonyl (C=O) groups excluding carboxylic acids is 1. The lowest BCUT2D eigenvalue weighted by Crippen LogP contribution is -2.29. The summed E-state index contributed by atoms with van der Waals surface area (Å²) in [6, 6.07) is 2.76. The first kappa shape index (κ1) is 17.3. The lowest BCUT2D eigenvalue weighted by atomic mass is 9.82. The highest BCUT2D eigenvalue weighted by Crippen LogP contribution is 2.36. The van der Waals surface area contributed by atoms with Crippen molar-refractivity contribution in [2.24, 2.45) is 5.92 Å². The molecular weight excluding hydrogens is 324 g/mol. The number of carboxylic acid groups (broad SMARTS) is 1. The lowest BCUT2D eigenvalue weighted by molar-refractivity contribution is -0.394. The van der Waals surface area contributed by atoms with Crippen LogP contribution in [0.2, 0.25) is 0 Å². The Morgan fingerprint density at radius 3 is 2.17 bits per heavy atom. The number of hydrogen-bond donors (Lipinski definition) is 1. The molecule has 128 valence electrons. The molecule has 1 N–H and O–H groups in total. The summed E-state index contributed by atoms with van der Waals surface area (Å²) in [4.78, 5) is 43.2. The van der Waals surface area contributed by atoms with Gasteiger partial charge in [-0.25, -0.2) is 0 Å². The molecule has 0 aliphatic carbocycles. The van der Waals surface area contributed by atoms with Crippen LogP contribution in [0.3, 0.4) is 0 Å². The smallest absolute Gasteiger partial charge is 0.311 e. The highest BCUT2D eigenvalue weighted by molar-refractivity contribution is 5.78. The number of rotatable bonds is 6. The molecule has 1 heterocycles. The molecule has 0 saturated carbocycles. The van der Waals surface area contributed by atoms with Crippen LogP contribution in [0.4, 0.5) is 11.4 Å². The van der Waals surface area contributed by atoms with Crippen molar-refractivity contribution in [2.75, 3.05) is 0 Å². The second-order valence-electron chi connectivity index (χ2n) is 5.54. The van der Waals surface area contributed by atoms with Gasteiger partial charge < -0.3 is 9.84 Å². The van der Waals surface area contributed by atoms with Crippen LogP contribution >= 0.6 is 0 Å². The molecule has 0 spiro atoms. The molecule has 0 aromatic heterocycles. The zero-order valence-corrected chi connectivity index (χ0v) is 12.6. The Bertz CT molecular complexity index is 684. The van der Waals surface area contributed by atoms with E-state index in [0.717, 1.165) is 18.2 Å². The second kappa shape index (κ2) is 6.60. The number of nitro benzene ring substituents is 2. The minimum absolute atomic E-state index is 0.0705. The summed E-state index contributed by atoms with van der Waals surface area (Å²) in [5.74, 6) is -3.73. The van der Waals surface area contributed by atoms with Gasteiger partial charge in [0.05, 0.1) is 21.8 Å². The van der Waals surface area contributed by atoms with Gasteiger partial charge in [-0.2, -0.15) is 0 Å². The van der Waals surface area contributed by atoms with Crippen molar-refractivity contribution in [2.45, 2.75) is 31.8 Å². The van der Waals surface area contributed by atoms with Gasteiger partial charge in [0.15, 0.2) is 0 Å². The maximum atomic E-state index is 11.7. The van der Waals surface area contributed by atoms with Gasteiger partial charge in [-0.3, -0.25) is 29.8 Å². The number of carbonyl (C=O) groups is 2. The summed E-state index contributed by atoms with van der Waals surface area (Å²) in [6.07, 6.45) is -0.158. The average molecular weight is 338 g/mol. The number of hydrogen-bond acceptors (Lipinski definition) is 7. The standard InChI is InChI=1S/C14H14N2O8/c1-7(11-2-3-12(17)24-11)13(14(18)19)8-4-9(15(20)21)6-10(5-8)16(22)23/h4-7,11,13H,2-3H2,1H3,(H,18,19). The summed E-state index contributed by atoms with van der Waals surface area (Å²) in [7, 11) is 0. The molecular formula is C14H14N2O8. The maximum absolute atomic E-state index is 11.7. The number of cyclic esters (lactones) is 1. The normalized spacial score (nSPS) is 19.4. The Balaban J connectivity index is 2.47. The Labute approximate surface area is 135 Å². The number of ether oxygens (including phenoxy) is 1. The zero-order chi connectivity index (χ0) is 18.0. The molecule has 1 fully saturated rings.